The van der Waals surface area contributed by atoms with E-state index in [-0.39, 0.29) is 6.04 Å². The molecule has 2 atom stereocenters. The van der Waals surface area contributed by atoms with Gasteiger partial charge in [0.25, 0.3) is 0 Å². The summed E-state index contributed by atoms with van der Waals surface area (Å²) in [4.78, 5) is 24.7. The standard InChI is InChI=1S/C15H20N2O4/c1-21-15(20)16-12-7-8-17(9-12)10-13(14(18)19)11-5-3-2-4-6-11/h2-6,12-13H,7-10H2,1H3,(H,16,20)(H,18,19). The number of hydrogen-bond acceptors (Lipinski definition) is 4. The Bertz CT molecular complexity index is 492. The molecule has 0 saturated carbocycles. The molecule has 1 fully saturated rings. The molecule has 6 heteroatoms. The first kappa shape index (κ1) is 15.3. The third-order valence-electron chi connectivity index (χ3n) is 3.72. The monoisotopic (exact) mass is 292 g/mol. The number of hydrogen-bond donors (Lipinski definition) is 2. The van der Waals surface area contributed by atoms with Gasteiger partial charge in [-0.3, -0.25) is 4.79 Å². The van der Waals surface area contributed by atoms with E-state index < -0.39 is 18.0 Å². The topological polar surface area (TPSA) is 78.9 Å². The number of carboxylic acid groups (broad SMARTS) is 1. The summed E-state index contributed by atoms with van der Waals surface area (Å²) in [6, 6.07) is 9.24. The fourth-order valence-electron chi connectivity index (χ4n) is 2.61. The van der Waals surface area contributed by atoms with Crippen LogP contribution in [-0.4, -0.2) is 54.9 Å². The lowest BCUT2D eigenvalue weighted by molar-refractivity contribution is -0.139. The molecule has 21 heavy (non-hydrogen) atoms. The number of amides is 1. The van der Waals surface area contributed by atoms with Gasteiger partial charge in [-0.25, -0.2) is 4.79 Å². The molecule has 0 aliphatic carbocycles. The van der Waals surface area contributed by atoms with Crippen LogP contribution in [0.4, 0.5) is 4.79 Å². The van der Waals surface area contributed by atoms with E-state index in [1.807, 2.05) is 30.3 Å². The largest absolute Gasteiger partial charge is 0.481 e. The van der Waals surface area contributed by atoms with Crippen molar-refractivity contribution in [3.8, 4) is 0 Å². The van der Waals surface area contributed by atoms with E-state index in [1.165, 1.54) is 7.11 Å². The van der Waals surface area contributed by atoms with Gasteiger partial charge in [-0.2, -0.15) is 0 Å². The predicted octanol–water partition coefficient (Wildman–Crippen LogP) is 1.29. The number of nitrogens with zero attached hydrogens (tertiary/aromatic N) is 1. The number of ether oxygens (including phenoxy) is 1. The van der Waals surface area contributed by atoms with Crippen LogP contribution in [0.15, 0.2) is 30.3 Å². The van der Waals surface area contributed by atoms with Gasteiger partial charge in [-0.15, -0.1) is 0 Å². The molecule has 114 valence electrons. The van der Waals surface area contributed by atoms with Crippen molar-refractivity contribution in [1.29, 1.82) is 0 Å². The maximum Gasteiger partial charge on any atom is 0.407 e. The summed E-state index contributed by atoms with van der Waals surface area (Å²) in [5.74, 6) is -1.38. The van der Waals surface area contributed by atoms with E-state index in [2.05, 4.69) is 15.0 Å². The van der Waals surface area contributed by atoms with Gasteiger partial charge in [0, 0.05) is 25.7 Å². The van der Waals surface area contributed by atoms with E-state index >= 15 is 0 Å². The fourth-order valence-corrected chi connectivity index (χ4v) is 2.61. The number of benzene rings is 1. The minimum atomic E-state index is -0.828. The Morgan fingerprint density at radius 3 is 2.76 bits per heavy atom. The first-order valence-corrected chi connectivity index (χ1v) is 6.94. The number of nitrogens with one attached hydrogen (secondary N) is 1. The van der Waals surface area contributed by atoms with Gasteiger partial charge in [-0.1, -0.05) is 30.3 Å². The molecule has 6 nitrogen and oxygen atoms in total. The zero-order valence-corrected chi connectivity index (χ0v) is 12.0. The Morgan fingerprint density at radius 2 is 2.14 bits per heavy atom. The van der Waals surface area contributed by atoms with Crippen LogP contribution in [-0.2, 0) is 9.53 Å². The Hall–Kier alpha value is -2.08. The van der Waals surface area contributed by atoms with Crippen molar-refractivity contribution in [3.05, 3.63) is 35.9 Å². The van der Waals surface area contributed by atoms with Gasteiger partial charge >= 0.3 is 12.1 Å². The maximum atomic E-state index is 11.5. The molecule has 1 aromatic carbocycles. The first-order chi connectivity index (χ1) is 10.1. The van der Waals surface area contributed by atoms with E-state index in [9.17, 15) is 14.7 Å². The molecular formula is C15H20N2O4. The minimum Gasteiger partial charge on any atom is -0.481 e. The van der Waals surface area contributed by atoms with E-state index in [1.54, 1.807) is 0 Å². The van der Waals surface area contributed by atoms with Crippen molar-refractivity contribution in [2.75, 3.05) is 26.7 Å². The molecule has 0 bridgehead atoms. The summed E-state index contributed by atoms with van der Waals surface area (Å²) in [7, 11) is 1.33. The van der Waals surface area contributed by atoms with E-state index in [0.29, 0.717) is 13.1 Å². The first-order valence-electron chi connectivity index (χ1n) is 6.94. The lowest BCUT2D eigenvalue weighted by Gasteiger charge is -2.21. The van der Waals surface area contributed by atoms with Crippen molar-refractivity contribution in [1.82, 2.24) is 10.2 Å². The third-order valence-corrected chi connectivity index (χ3v) is 3.72. The fraction of sp³-hybridized carbons (Fsp3) is 0.467. The molecule has 0 radical (unpaired) electrons. The van der Waals surface area contributed by atoms with Gasteiger partial charge < -0.3 is 20.1 Å². The molecule has 1 amide bonds. The van der Waals surface area contributed by atoms with Gasteiger partial charge in [0.1, 0.15) is 0 Å². The van der Waals surface area contributed by atoms with Crippen molar-refractivity contribution < 1.29 is 19.4 Å². The smallest absolute Gasteiger partial charge is 0.407 e. The molecule has 2 unspecified atom stereocenters. The van der Waals surface area contributed by atoms with E-state index in [4.69, 9.17) is 0 Å². The SMILES string of the molecule is COC(=O)NC1CCN(CC(C(=O)O)c2ccccc2)C1. The van der Waals surface area contributed by atoms with Crippen molar-refractivity contribution in [3.63, 3.8) is 0 Å². The van der Waals surface area contributed by atoms with Crippen molar-refractivity contribution in [2.24, 2.45) is 0 Å². The van der Waals surface area contributed by atoms with Crippen LogP contribution < -0.4 is 5.32 Å². The summed E-state index contributed by atoms with van der Waals surface area (Å²) in [5, 5.41) is 12.2. The van der Waals surface area contributed by atoms with Crippen LogP contribution in [0, 0.1) is 0 Å². The number of carbonyl (C=O) groups is 2. The highest BCUT2D eigenvalue weighted by Gasteiger charge is 2.29. The number of likely N-dealkylation sites (tertiary alicyclic amines) is 1. The molecule has 0 aromatic heterocycles. The third kappa shape index (κ3) is 4.19. The predicted molar refractivity (Wildman–Crippen MR) is 77.2 cm³/mol. The number of alkyl carbamates (subject to hydrolysis) is 1. The number of rotatable bonds is 5. The van der Waals surface area contributed by atoms with Crippen LogP contribution in [0.2, 0.25) is 0 Å². The van der Waals surface area contributed by atoms with Gasteiger partial charge in [-0.05, 0) is 12.0 Å². The Morgan fingerprint density at radius 1 is 1.43 bits per heavy atom. The molecule has 1 heterocycles. The molecule has 1 aliphatic heterocycles. The average molecular weight is 292 g/mol. The summed E-state index contributed by atoms with van der Waals surface area (Å²) in [6.45, 7) is 1.86. The van der Waals surface area contributed by atoms with Gasteiger partial charge in [0.2, 0.25) is 0 Å². The summed E-state index contributed by atoms with van der Waals surface area (Å²) in [6.07, 6.45) is 0.357. The van der Waals surface area contributed by atoms with Crippen LogP contribution in [0.25, 0.3) is 0 Å². The lowest BCUT2D eigenvalue weighted by Crippen LogP contribution is -2.38. The second-order valence-electron chi connectivity index (χ2n) is 5.18. The highest BCUT2D eigenvalue weighted by Crippen LogP contribution is 2.20. The van der Waals surface area contributed by atoms with Crippen molar-refractivity contribution >= 4 is 12.1 Å². The highest BCUT2D eigenvalue weighted by molar-refractivity contribution is 5.76. The molecule has 1 aliphatic rings. The second kappa shape index (κ2) is 7.08. The highest BCUT2D eigenvalue weighted by atomic mass is 16.5. The molecular weight excluding hydrogens is 272 g/mol. The van der Waals surface area contributed by atoms with E-state index in [0.717, 1.165) is 18.5 Å². The Kier molecular flexibility index (Phi) is 5.16. The molecule has 1 aromatic rings. The van der Waals surface area contributed by atoms with Crippen LogP contribution >= 0.6 is 0 Å². The number of carboxylic acids is 1. The van der Waals surface area contributed by atoms with Crippen LogP contribution in [0.1, 0.15) is 17.9 Å². The Labute approximate surface area is 123 Å². The van der Waals surface area contributed by atoms with Crippen LogP contribution in [0.3, 0.4) is 0 Å². The summed E-state index contributed by atoms with van der Waals surface area (Å²) >= 11 is 0. The molecule has 2 rings (SSSR count). The minimum absolute atomic E-state index is 0.0164. The molecule has 2 N–H and O–H groups in total. The normalized spacial score (nSPS) is 20.0. The average Bonchev–Trinajstić information content (AvgIpc) is 2.92. The number of carbonyl (C=O) groups excluding carboxylic acids is 1. The van der Waals surface area contributed by atoms with Crippen molar-refractivity contribution in [2.45, 2.75) is 18.4 Å². The lowest BCUT2D eigenvalue weighted by atomic mass is 9.99. The van der Waals surface area contributed by atoms with Gasteiger partial charge in [0.15, 0.2) is 0 Å². The molecule has 1 saturated heterocycles. The molecule has 0 spiro atoms. The quantitative estimate of drug-likeness (QED) is 0.855. The maximum absolute atomic E-state index is 11.5. The zero-order chi connectivity index (χ0) is 15.2. The second-order valence-corrected chi connectivity index (χ2v) is 5.18. The number of aliphatic carboxylic acids is 1. The summed E-state index contributed by atoms with van der Waals surface area (Å²) < 4.78 is 4.57. The van der Waals surface area contributed by atoms with Gasteiger partial charge in [0.05, 0.1) is 13.0 Å². The Balaban J connectivity index is 1.94. The summed E-state index contributed by atoms with van der Waals surface area (Å²) in [5.41, 5.74) is 0.800. The van der Waals surface area contributed by atoms with Crippen LogP contribution in [0.5, 0.6) is 0 Å². The number of methoxy groups -OCH3 is 1. The zero-order valence-electron chi connectivity index (χ0n) is 12.0.